The minimum Gasteiger partial charge on any atom is -0.496 e. The molecule has 0 spiro atoms. The molecule has 6 nitrogen and oxygen atoms in total. The van der Waals surface area contributed by atoms with Crippen LogP contribution in [0.4, 0.5) is 0 Å². The Labute approximate surface area is 135 Å². The van der Waals surface area contributed by atoms with E-state index in [1.807, 2.05) is 0 Å². The molecule has 1 aliphatic rings. The van der Waals surface area contributed by atoms with Crippen molar-refractivity contribution in [2.24, 2.45) is 5.92 Å². The Hall–Kier alpha value is -2.24. The molecular formula is C17H22O6. The molecule has 0 saturated heterocycles. The molecule has 2 unspecified atom stereocenters. The summed E-state index contributed by atoms with van der Waals surface area (Å²) in [4.78, 5) is 24.0. The molecule has 1 saturated carbocycles. The SMILES string of the molecule is CCOC(=O)C1CCC(=O)C(Oc2cc(OC)cc(OC)c2)C1. The molecule has 0 amide bonds. The maximum Gasteiger partial charge on any atom is 0.309 e. The van der Waals surface area contributed by atoms with E-state index in [-0.39, 0.29) is 17.7 Å². The summed E-state index contributed by atoms with van der Waals surface area (Å²) in [5, 5.41) is 0. The standard InChI is InChI=1S/C17H22O6/c1-4-22-17(19)11-5-6-15(18)16(7-11)23-14-9-12(20-2)8-13(10-14)21-3/h8-11,16H,4-7H2,1-3H3. The molecule has 1 aromatic rings. The van der Waals surface area contributed by atoms with Crippen molar-refractivity contribution >= 4 is 11.8 Å². The second-order valence-corrected chi connectivity index (χ2v) is 5.34. The minimum absolute atomic E-state index is 0.00710. The number of hydrogen-bond acceptors (Lipinski definition) is 6. The van der Waals surface area contributed by atoms with Crippen molar-refractivity contribution in [3.05, 3.63) is 18.2 Å². The predicted octanol–water partition coefficient (Wildman–Crippen LogP) is 2.38. The molecule has 0 aromatic heterocycles. The van der Waals surface area contributed by atoms with Crippen LogP contribution >= 0.6 is 0 Å². The Morgan fingerprint density at radius 2 is 1.74 bits per heavy atom. The number of carbonyl (C=O) groups is 2. The van der Waals surface area contributed by atoms with Crippen LogP contribution < -0.4 is 14.2 Å². The number of ketones is 1. The Morgan fingerprint density at radius 1 is 1.13 bits per heavy atom. The lowest BCUT2D eigenvalue weighted by atomic mass is 9.86. The van der Waals surface area contributed by atoms with Crippen LogP contribution in [0.1, 0.15) is 26.2 Å². The Balaban J connectivity index is 2.11. The summed E-state index contributed by atoms with van der Waals surface area (Å²) in [7, 11) is 3.09. The van der Waals surface area contributed by atoms with E-state index in [1.54, 1.807) is 39.3 Å². The van der Waals surface area contributed by atoms with Crippen LogP contribution in [-0.2, 0) is 14.3 Å². The van der Waals surface area contributed by atoms with Crippen LogP contribution in [0.15, 0.2) is 18.2 Å². The highest BCUT2D eigenvalue weighted by Crippen LogP contribution is 2.31. The first kappa shape index (κ1) is 17.1. The zero-order chi connectivity index (χ0) is 16.8. The van der Waals surface area contributed by atoms with Crippen molar-refractivity contribution in [3.8, 4) is 17.2 Å². The molecule has 1 aromatic carbocycles. The van der Waals surface area contributed by atoms with Gasteiger partial charge in [0.2, 0.25) is 0 Å². The van der Waals surface area contributed by atoms with E-state index in [0.29, 0.717) is 43.1 Å². The van der Waals surface area contributed by atoms with Gasteiger partial charge in [-0.25, -0.2) is 0 Å². The normalized spacial score (nSPS) is 20.7. The summed E-state index contributed by atoms with van der Waals surface area (Å²) in [6.45, 7) is 2.10. The van der Waals surface area contributed by atoms with Gasteiger partial charge in [-0.3, -0.25) is 9.59 Å². The quantitative estimate of drug-likeness (QED) is 0.749. The van der Waals surface area contributed by atoms with Crippen LogP contribution in [0, 0.1) is 5.92 Å². The Morgan fingerprint density at radius 3 is 2.30 bits per heavy atom. The molecule has 0 radical (unpaired) electrons. The zero-order valence-corrected chi connectivity index (χ0v) is 13.7. The lowest BCUT2D eigenvalue weighted by Crippen LogP contribution is -2.37. The van der Waals surface area contributed by atoms with Gasteiger partial charge in [-0.15, -0.1) is 0 Å². The van der Waals surface area contributed by atoms with E-state index >= 15 is 0 Å². The summed E-state index contributed by atoms with van der Waals surface area (Å²) in [5.74, 6) is 1.05. The molecule has 2 atom stereocenters. The average molecular weight is 322 g/mol. The highest BCUT2D eigenvalue weighted by atomic mass is 16.5. The molecule has 0 heterocycles. The van der Waals surface area contributed by atoms with Crippen LogP contribution in [0.3, 0.4) is 0 Å². The van der Waals surface area contributed by atoms with Gasteiger partial charge >= 0.3 is 5.97 Å². The Kier molecular flexibility index (Phi) is 5.84. The number of ether oxygens (including phenoxy) is 4. The van der Waals surface area contributed by atoms with Gasteiger partial charge in [-0.1, -0.05) is 0 Å². The van der Waals surface area contributed by atoms with Gasteiger partial charge in [0.15, 0.2) is 11.9 Å². The maximum atomic E-state index is 12.1. The number of carbonyl (C=O) groups excluding carboxylic acids is 2. The van der Waals surface area contributed by atoms with Gasteiger partial charge in [0.05, 0.1) is 26.7 Å². The Bertz CT molecular complexity index is 546. The zero-order valence-electron chi connectivity index (χ0n) is 13.7. The van der Waals surface area contributed by atoms with E-state index < -0.39 is 6.10 Å². The monoisotopic (exact) mass is 322 g/mol. The number of methoxy groups -OCH3 is 2. The topological polar surface area (TPSA) is 71.1 Å². The molecule has 23 heavy (non-hydrogen) atoms. The number of Topliss-reactive ketones (excluding diaryl/α,β-unsaturated/α-hetero) is 1. The molecule has 0 aliphatic heterocycles. The number of rotatable bonds is 6. The van der Waals surface area contributed by atoms with Gasteiger partial charge in [-0.05, 0) is 13.3 Å². The molecule has 0 bridgehead atoms. The van der Waals surface area contributed by atoms with Crippen molar-refractivity contribution in [3.63, 3.8) is 0 Å². The van der Waals surface area contributed by atoms with Crippen molar-refractivity contribution in [1.29, 1.82) is 0 Å². The molecule has 126 valence electrons. The van der Waals surface area contributed by atoms with Gasteiger partial charge in [-0.2, -0.15) is 0 Å². The summed E-state index contributed by atoms with van der Waals surface area (Å²) in [6.07, 6.45) is 0.501. The average Bonchev–Trinajstić information content (AvgIpc) is 2.56. The minimum atomic E-state index is -0.657. The fourth-order valence-corrected chi connectivity index (χ4v) is 2.59. The van der Waals surface area contributed by atoms with Gasteiger partial charge in [0, 0.05) is 31.0 Å². The first-order chi connectivity index (χ1) is 11.1. The fourth-order valence-electron chi connectivity index (χ4n) is 2.59. The third-order valence-corrected chi connectivity index (χ3v) is 3.82. The van der Waals surface area contributed by atoms with Crippen LogP contribution in [0.2, 0.25) is 0 Å². The van der Waals surface area contributed by atoms with Crippen molar-refractivity contribution in [2.45, 2.75) is 32.3 Å². The smallest absolute Gasteiger partial charge is 0.309 e. The molecule has 1 aliphatic carbocycles. The largest absolute Gasteiger partial charge is 0.496 e. The molecular weight excluding hydrogens is 300 g/mol. The number of benzene rings is 1. The van der Waals surface area contributed by atoms with E-state index in [9.17, 15) is 9.59 Å². The highest BCUT2D eigenvalue weighted by Gasteiger charge is 2.34. The van der Waals surface area contributed by atoms with E-state index in [4.69, 9.17) is 18.9 Å². The highest BCUT2D eigenvalue weighted by molar-refractivity contribution is 5.86. The molecule has 2 rings (SSSR count). The van der Waals surface area contributed by atoms with Gasteiger partial charge in [0.25, 0.3) is 0 Å². The first-order valence-electron chi connectivity index (χ1n) is 7.66. The first-order valence-corrected chi connectivity index (χ1v) is 7.66. The van der Waals surface area contributed by atoms with Crippen molar-refractivity contribution < 1.29 is 28.5 Å². The summed E-state index contributed by atoms with van der Waals surface area (Å²) >= 11 is 0. The number of hydrogen-bond donors (Lipinski definition) is 0. The van der Waals surface area contributed by atoms with E-state index in [2.05, 4.69) is 0 Å². The van der Waals surface area contributed by atoms with Gasteiger partial charge in [0.1, 0.15) is 17.2 Å². The van der Waals surface area contributed by atoms with Crippen LogP contribution in [0.25, 0.3) is 0 Å². The lowest BCUT2D eigenvalue weighted by molar-refractivity contribution is -0.151. The maximum absolute atomic E-state index is 12.1. The third kappa shape index (κ3) is 4.37. The summed E-state index contributed by atoms with van der Waals surface area (Å²) in [6, 6.07) is 5.09. The summed E-state index contributed by atoms with van der Waals surface area (Å²) in [5.41, 5.74) is 0. The van der Waals surface area contributed by atoms with Crippen molar-refractivity contribution in [2.75, 3.05) is 20.8 Å². The molecule has 1 fully saturated rings. The van der Waals surface area contributed by atoms with E-state index in [0.717, 1.165) is 0 Å². The second kappa shape index (κ2) is 7.85. The lowest BCUT2D eigenvalue weighted by Gasteiger charge is -2.27. The molecule has 6 heteroatoms. The predicted molar refractivity (Wildman–Crippen MR) is 82.9 cm³/mol. The van der Waals surface area contributed by atoms with Crippen LogP contribution in [-0.4, -0.2) is 38.7 Å². The second-order valence-electron chi connectivity index (χ2n) is 5.34. The van der Waals surface area contributed by atoms with E-state index in [1.165, 1.54) is 0 Å². The summed E-state index contributed by atoms with van der Waals surface area (Å²) < 4.78 is 21.2. The fraction of sp³-hybridized carbons (Fsp3) is 0.529. The van der Waals surface area contributed by atoms with Crippen LogP contribution in [0.5, 0.6) is 17.2 Å². The third-order valence-electron chi connectivity index (χ3n) is 3.82. The van der Waals surface area contributed by atoms with Crippen molar-refractivity contribution in [1.82, 2.24) is 0 Å². The number of esters is 1. The van der Waals surface area contributed by atoms with Gasteiger partial charge < -0.3 is 18.9 Å². The molecule has 0 N–H and O–H groups in total.